The van der Waals surface area contributed by atoms with Crippen molar-refractivity contribution in [2.24, 2.45) is 7.05 Å². The number of methoxy groups -OCH3 is 1. The Morgan fingerprint density at radius 3 is 2.30 bits per heavy atom. The molecule has 3 heterocycles. The number of carbonyl (C=O) groups is 1. The van der Waals surface area contributed by atoms with Crippen LogP contribution in [0.25, 0.3) is 16.9 Å². The number of anilines is 1. The van der Waals surface area contributed by atoms with E-state index >= 15 is 0 Å². The van der Waals surface area contributed by atoms with Crippen LogP contribution >= 0.6 is 0 Å². The predicted octanol–water partition coefficient (Wildman–Crippen LogP) is 5.29. The maximum atomic E-state index is 14.4. The topological polar surface area (TPSA) is 68.9 Å². The van der Waals surface area contributed by atoms with Gasteiger partial charge in [-0.15, -0.1) is 0 Å². The largest absolute Gasteiger partial charge is 0.497 e. The summed E-state index contributed by atoms with van der Waals surface area (Å²) in [6, 6.07) is 21.8. The fraction of sp³-hybridized carbons (Fsp3) is 0.371. The fourth-order valence-corrected chi connectivity index (χ4v) is 6.91. The van der Waals surface area contributed by atoms with Crippen molar-refractivity contribution in [3.05, 3.63) is 94.5 Å². The Kier molecular flexibility index (Phi) is 6.89. The van der Waals surface area contributed by atoms with E-state index < -0.39 is 5.41 Å². The van der Waals surface area contributed by atoms with Crippen LogP contribution in [0.3, 0.4) is 0 Å². The lowest BCUT2D eigenvalue weighted by Crippen LogP contribution is -2.44. The van der Waals surface area contributed by atoms with Gasteiger partial charge in [-0.3, -0.25) is 9.36 Å². The molecular weight excluding hydrogens is 540 g/mol. The summed E-state index contributed by atoms with van der Waals surface area (Å²) in [5.74, 6) is 1.66. The van der Waals surface area contributed by atoms with Crippen molar-refractivity contribution in [3.63, 3.8) is 0 Å². The number of aromatic nitrogens is 2. The number of nitrogens with zero attached hydrogens (tertiary/aromatic N) is 4. The number of amides is 1. The van der Waals surface area contributed by atoms with Gasteiger partial charge in [0.25, 0.3) is 0 Å². The molecule has 1 spiro atoms. The van der Waals surface area contributed by atoms with Crippen molar-refractivity contribution >= 4 is 11.6 Å². The second-order valence-corrected chi connectivity index (χ2v) is 12.2. The molecule has 8 heteroatoms. The second-order valence-electron chi connectivity index (χ2n) is 12.2. The fourth-order valence-electron chi connectivity index (χ4n) is 6.91. The Balaban J connectivity index is 1.39. The minimum absolute atomic E-state index is 0.0542. The molecule has 8 nitrogen and oxygen atoms in total. The van der Waals surface area contributed by atoms with Crippen LogP contribution in [-0.4, -0.2) is 53.3 Å². The first kappa shape index (κ1) is 27.5. The summed E-state index contributed by atoms with van der Waals surface area (Å²) >= 11 is 0. The van der Waals surface area contributed by atoms with E-state index in [-0.39, 0.29) is 17.7 Å². The standard InChI is InChI=1S/C35H38N4O4/c1-36-18-14-28(15-19-36)43-31-21-25(30-23-37(2)34(41)39(30)26-8-5-4-6-9-26)20-29-32(31)38(33(40)35(29)16-7-17-35)22-24-10-12-27(42-3)13-11-24/h4-6,8-13,20-21,23,28H,7,14-19,22H2,1-3H3. The van der Waals surface area contributed by atoms with Crippen LogP contribution in [-0.2, 0) is 23.8 Å². The van der Waals surface area contributed by atoms with Gasteiger partial charge in [0.05, 0.1) is 36.1 Å². The van der Waals surface area contributed by atoms with Crippen LogP contribution in [0.1, 0.15) is 43.2 Å². The molecule has 0 N–H and O–H groups in total. The number of benzene rings is 3. The Morgan fingerprint density at radius 1 is 0.930 bits per heavy atom. The average molecular weight is 579 g/mol. The highest BCUT2D eigenvalue weighted by molar-refractivity contribution is 6.10. The molecule has 222 valence electrons. The van der Waals surface area contributed by atoms with Crippen molar-refractivity contribution in [3.8, 4) is 28.4 Å². The van der Waals surface area contributed by atoms with Gasteiger partial charge in [0.1, 0.15) is 17.6 Å². The summed E-state index contributed by atoms with van der Waals surface area (Å²) in [7, 11) is 5.58. The van der Waals surface area contributed by atoms with Crippen LogP contribution in [0.15, 0.2) is 77.7 Å². The summed E-state index contributed by atoms with van der Waals surface area (Å²) in [6.45, 7) is 2.40. The molecule has 2 fully saturated rings. The minimum atomic E-state index is -0.560. The summed E-state index contributed by atoms with van der Waals surface area (Å²) < 4.78 is 15.6. The predicted molar refractivity (Wildman–Crippen MR) is 167 cm³/mol. The Morgan fingerprint density at radius 2 is 1.65 bits per heavy atom. The molecule has 0 atom stereocenters. The zero-order valence-electron chi connectivity index (χ0n) is 25.1. The van der Waals surface area contributed by atoms with E-state index in [0.717, 1.165) is 90.5 Å². The van der Waals surface area contributed by atoms with Gasteiger partial charge in [0, 0.05) is 31.9 Å². The monoisotopic (exact) mass is 578 g/mol. The van der Waals surface area contributed by atoms with Gasteiger partial charge in [0.15, 0.2) is 0 Å². The normalized spacial score (nSPS) is 18.1. The highest BCUT2D eigenvalue weighted by Crippen LogP contribution is 2.57. The number of aryl methyl sites for hydroxylation is 1. The summed E-state index contributed by atoms with van der Waals surface area (Å²) in [6.07, 6.45) is 6.43. The van der Waals surface area contributed by atoms with Gasteiger partial charge in [0.2, 0.25) is 5.91 Å². The molecule has 4 aromatic rings. The van der Waals surface area contributed by atoms with Crippen molar-refractivity contribution < 1.29 is 14.3 Å². The Hall–Kier alpha value is -4.30. The van der Waals surface area contributed by atoms with E-state index in [4.69, 9.17) is 9.47 Å². The average Bonchev–Trinajstić information content (AvgIpc) is 3.44. The zero-order valence-corrected chi connectivity index (χ0v) is 25.1. The summed E-state index contributed by atoms with van der Waals surface area (Å²) in [5, 5.41) is 0. The number of rotatable bonds is 7. The van der Waals surface area contributed by atoms with E-state index in [9.17, 15) is 9.59 Å². The Bertz CT molecular complexity index is 1710. The lowest BCUT2D eigenvalue weighted by Gasteiger charge is -2.37. The second kappa shape index (κ2) is 10.8. The molecule has 0 unspecified atom stereocenters. The number of para-hydroxylation sites is 1. The van der Waals surface area contributed by atoms with Crippen molar-refractivity contribution in [1.29, 1.82) is 0 Å². The minimum Gasteiger partial charge on any atom is -0.497 e. The van der Waals surface area contributed by atoms with Crippen molar-refractivity contribution in [2.75, 3.05) is 32.1 Å². The van der Waals surface area contributed by atoms with E-state index in [1.807, 2.05) is 65.7 Å². The number of piperidine rings is 1. The zero-order chi connectivity index (χ0) is 29.7. The van der Waals surface area contributed by atoms with Gasteiger partial charge in [-0.2, -0.15) is 0 Å². The van der Waals surface area contributed by atoms with Gasteiger partial charge >= 0.3 is 5.69 Å². The quantitative estimate of drug-likeness (QED) is 0.298. The molecule has 3 aromatic carbocycles. The Labute approximate surface area is 252 Å². The SMILES string of the molecule is COc1ccc(CN2C(=O)C3(CCC3)c3cc(-c4cn(C)c(=O)n4-c4ccccc4)cc(OC4CCN(C)CC4)c32)cc1. The molecule has 7 rings (SSSR count). The number of fused-ring (bicyclic) bond motifs is 2. The molecule has 1 amide bonds. The van der Waals surface area contributed by atoms with Crippen LogP contribution in [0.5, 0.6) is 11.5 Å². The molecule has 0 bridgehead atoms. The molecule has 43 heavy (non-hydrogen) atoms. The van der Waals surface area contributed by atoms with Gasteiger partial charge in [-0.05, 0) is 80.3 Å². The first-order chi connectivity index (χ1) is 20.9. The third-order valence-corrected chi connectivity index (χ3v) is 9.54. The highest BCUT2D eigenvalue weighted by Gasteiger charge is 2.55. The van der Waals surface area contributed by atoms with Crippen LogP contribution in [0.4, 0.5) is 5.69 Å². The molecule has 2 aliphatic heterocycles. The molecular formula is C35H38N4O4. The van der Waals surface area contributed by atoms with Crippen molar-refractivity contribution in [2.45, 2.75) is 50.2 Å². The van der Waals surface area contributed by atoms with Gasteiger partial charge in [-0.25, -0.2) is 4.79 Å². The highest BCUT2D eigenvalue weighted by atomic mass is 16.5. The molecule has 3 aliphatic rings. The summed E-state index contributed by atoms with van der Waals surface area (Å²) in [4.78, 5) is 32.0. The maximum absolute atomic E-state index is 14.4. The number of ether oxygens (including phenoxy) is 2. The number of imidazole rings is 1. The van der Waals surface area contributed by atoms with E-state index in [1.54, 1.807) is 23.3 Å². The summed E-state index contributed by atoms with van der Waals surface area (Å²) in [5.41, 5.74) is 4.73. The van der Waals surface area contributed by atoms with E-state index in [1.165, 1.54) is 0 Å². The first-order valence-electron chi connectivity index (χ1n) is 15.2. The van der Waals surface area contributed by atoms with Gasteiger partial charge in [-0.1, -0.05) is 36.8 Å². The smallest absolute Gasteiger partial charge is 0.332 e. The van der Waals surface area contributed by atoms with Crippen molar-refractivity contribution in [1.82, 2.24) is 14.0 Å². The van der Waals surface area contributed by atoms with Crippen LogP contribution in [0, 0.1) is 0 Å². The molecule has 1 saturated carbocycles. The van der Waals surface area contributed by atoms with Crippen LogP contribution < -0.4 is 20.1 Å². The number of carbonyl (C=O) groups excluding carboxylic acids is 1. The maximum Gasteiger partial charge on any atom is 0.332 e. The first-order valence-corrected chi connectivity index (χ1v) is 15.2. The molecule has 1 aliphatic carbocycles. The number of likely N-dealkylation sites (tertiary alicyclic amines) is 1. The molecule has 1 saturated heterocycles. The van der Waals surface area contributed by atoms with Crippen LogP contribution in [0.2, 0.25) is 0 Å². The van der Waals surface area contributed by atoms with E-state index in [0.29, 0.717) is 6.54 Å². The van der Waals surface area contributed by atoms with Gasteiger partial charge < -0.3 is 23.8 Å². The lowest BCUT2D eigenvalue weighted by atomic mass is 9.65. The molecule has 0 radical (unpaired) electrons. The number of hydrogen-bond acceptors (Lipinski definition) is 5. The molecule has 1 aromatic heterocycles. The number of hydrogen-bond donors (Lipinski definition) is 0. The van der Waals surface area contributed by atoms with E-state index in [2.05, 4.69) is 24.1 Å². The third kappa shape index (κ3) is 4.65. The lowest BCUT2D eigenvalue weighted by molar-refractivity contribution is -0.126. The third-order valence-electron chi connectivity index (χ3n) is 9.54.